The molecule has 0 fully saturated rings. The Labute approximate surface area is 150 Å². The Kier molecular flexibility index (Phi) is 6.99. The molecule has 0 amide bonds. The molecule has 2 aromatic rings. The first-order chi connectivity index (χ1) is 10.0. The zero-order valence-corrected chi connectivity index (χ0v) is 17.4. The second kappa shape index (κ2) is 8.51. The van der Waals surface area contributed by atoms with Crippen molar-refractivity contribution in [1.82, 2.24) is 0 Å². The minimum atomic E-state index is -0.00447. The molecule has 0 aliphatic rings. The van der Waals surface area contributed by atoms with Gasteiger partial charge in [-0.15, -0.1) is 0 Å². The van der Waals surface area contributed by atoms with Crippen LogP contribution in [0.4, 0.5) is 0 Å². The Hall–Kier alpha value is -0.100. The van der Waals surface area contributed by atoms with Gasteiger partial charge in [-0.2, -0.15) is 0 Å². The van der Waals surface area contributed by atoms with Crippen LogP contribution in [0, 0.1) is 16.1 Å². The van der Waals surface area contributed by atoms with Gasteiger partial charge in [0.25, 0.3) is 0 Å². The van der Waals surface area contributed by atoms with E-state index in [1.807, 2.05) is 0 Å². The van der Waals surface area contributed by atoms with Gasteiger partial charge in [0, 0.05) is 0 Å². The van der Waals surface area contributed by atoms with Crippen LogP contribution in [-0.4, -0.2) is 4.43 Å². The topological polar surface area (TPSA) is 0 Å². The Balaban J connectivity index is 1.79. The molecule has 2 heteroatoms. The molecule has 0 heterocycles. The molecule has 0 atom stereocenters. The third-order valence-corrected chi connectivity index (χ3v) is 8.65. The molecule has 0 bridgehead atoms. The second-order valence-electron chi connectivity index (χ2n) is 6.31. The van der Waals surface area contributed by atoms with Crippen LogP contribution in [0.3, 0.4) is 0 Å². The number of hydrogen-bond acceptors (Lipinski definition) is 0. The number of halogens is 2. The van der Waals surface area contributed by atoms with Crippen LogP contribution in [0.2, 0.25) is 0 Å². The first-order valence-corrected chi connectivity index (χ1v) is 12.2. The summed E-state index contributed by atoms with van der Waals surface area (Å²) in [5.74, 6) is 0. The van der Waals surface area contributed by atoms with Gasteiger partial charge in [-0.1, -0.05) is 0 Å². The fourth-order valence-corrected chi connectivity index (χ4v) is 6.43. The summed E-state index contributed by atoms with van der Waals surface area (Å²) in [5.41, 5.74) is 0.494. The average Bonchev–Trinajstić information content (AvgIpc) is 2.45. The van der Waals surface area contributed by atoms with E-state index in [0.717, 1.165) is 0 Å². The standard InChI is InChI=1S/C19H24I2/c1-19(2,3)14-7-15-20-16-10-12-18(13-11-16)21-17-8-5-4-6-9-17/h4-6,8-13H,7,14-15H2,1-3H3/q-2. The van der Waals surface area contributed by atoms with Crippen LogP contribution in [-0.2, 0) is 0 Å². The van der Waals surface area contributed by atoms with Crippen molar-refractivity contribution in [2.24, 2.45) is 5.41 Å². The van der Waals surface area contributed by atoms with Crippen LogP contribution in [0.5, 0.6) is 0 Å². The van der Waals surface area contributed by atoms with Crippen molar-refractivity contribution in [2.45, 2.75) is 33.6 Å². The predicted octanol–water partition coefficient (Wildman–Crippen LogP) is -1.10. The number of alkyl halides is 1. The van der Waals surface area contributed by atoms with E-state index < -0.39 is 0 Å². The summed E-state index contributed by atoms with van der Waals surface area (Å²) >= 11 is 0.207. The summed E-state index contributed by atoms with van der Waals surface area (Å²) in [6, 6.07) is 20.4. The Bertz CT molecular complexity index is 524. The van der Waals surface area contributed by atoms with Gasteiger partial charge in [-0.3, -0.25) is 0 Å². The first-order valence-electron chi connectivity index (χ1n) is 7.42. The van der Waals surface area contributed by atoms with E-state index >= 15 is 0 Å². The normalized spacial score (nSPS) is 12.0. The quantitative estimate of drug-likeness (QED) is 0.266. The molecule has 0 unspecified atom stereocenters. The Morgan fingerprint density at radius 2 is 1.33 bits per heavy atom. The molecule has 0 spiro atoms. The minimum absolute atomic E-state index is 0.00447. The van der Waals surface area contributed by atoms with E-state index in [2.05, 4.69) is 75.4 Å². The molecule has 2 rings (SSSR count). The zero-order chi connectivity index (χ0) is 15.1. The summed E-state index contributed by atoms with van der Waals surface area (Å²) in [6.45, 7) is 7.02. The molecule has 0 aliphatic heterocycles. The van der Waals surface area contributed by atoms with Gasteiger partial charge >= 0.3 is 151 Å². The number of benzene rings is 2. The molecule has 116 valence electrons. The third-order valence-electron chi connectivity index (χ3n) is 3.06. The summed E-state index contributed by atoms with van der Waals surface area (Å²) in [6.07, 6.45) is 2.74. The molecule has 0 aliphatic carbocycles. The van der Waals surface area contributed by atoms with Crippen LogP contribution >= 0.6 is 0 Å². The molecule has 0 radical (unpaired) electrons. The molecular formula is C19H24I2-2. The van der Waals surface area contributed by atoms with Gasteiger partial charge < -0.3 is 0 Å². The Morgan fingerprint density at radius 1 is 0.762 bits per heavy atom. The molecule has 0 saturated carbocycles. The molecule has 0 N–H and O–H groups in total. The van der Waals surface area contributed by atoms with Gasteiger partial charge in [0.1, 0.15) is 0 Å². The predicted molar refractivity (Wildman–Crippen MR) is 82.5 cm³/mol. The van der Waals surface area contributed by atoms with Crippen molar-refractivity contribution in [3.8, 4) is 0 Å². The monoisotopic (exact) mass is 506 g/mol. The SMILES string of the molecule is CC(C)(C)CCC[I-]c1ccc([I-]c2ccccc2)cc1. The van der Waals surface area contributed by atoms with Gasteiger partial charge in [0.05, 0.1) is 0 Å². The number of hydrogen-bond donors (Lipinski definition) is 0. The average molecular weight is 506 g/mol. The van der Waals surface area contributed by atoms with Crippen LogP contribution in [0.15, 0.2) is 54.6 Å². The molecule has 21 heavy (non-hydrogen) atoms. The van der Waals surface area contributed by atoms with Gasteiger partial charge in [0.15, 0.2) is 0 Å². The van der Waals surface area contributed by atoms with Crippen molar-refractivity contribution < 1.29 is 42.4 Å². The molecule has 0 aromatic heterocycles. The fraction of sp³-hybridized carbons (Fsp3) is 0.368. The number of rotatable bonds is 6. The van der Waals surface area contributed by atoms with Crippen molar-refractivity contribution in [3.05, 3.63) is 65.3 Å². The van der Waals surface area contributed by atoms with Gasteiger partial charge in [-0.05, 0) is 0 Å². The van der Waals surface area contributed by atoms with Gasteiger partial charge in [-0.25, -0.2) is 0 Å². The van der Waals surface area contributed by atoms with Gasteiger partial charge in [0.2, 0.25) is 0 Å². The molecular weight excluding hydrogens is 482 g/mol. The summed E-state index contributed by atoms with van der Waals surface area (Å²) in [5, 5.41) is 0. The zero-order valence-electron chi connectivity index (χ0n) is 13.1. The molecule has 2 aromatic carbocycles. The van der Waals surface area contributed by atoms with E-state index in [-0.39, 0.29) is 42.4 Å². The maximum atomic E-state index is 2.38. The molecule has 0 nitrogen and oxygen atoms in total. The van der Waals surface area contributed by atoms with Crippen molar-refractivity contribution in [2.75, 3.05) is 4.43 Å². The van der Waals surface area contributed by atoms with E-state index in [1.54, 1.807) is 3.57 Å². The van der Waals surface area contributed by atoms with E-state index in [0.29, 0.717) is 5.41 Å². The first kappa shape index (κ1) is 17.3. The maximum absolute atomic E-state index is 2.38. The summed E-state index contributed by atoms with van der Waals surface area (Å²) in [7, 11) is 0. The van der Waals surface area contributed by atoms with E-state index in [9.17, 15) is 0 Å². The van der Waals surface area contributed by atoms with Crippen LogP contribution in [0.1, 0.15) is 33.6 Å². The van der Waals surface area contributed by atoms with Crippen molar-refractivity contribution in [1.29, 1.82) is 0 Å². The van der Waals surface area contributed by atoms with E-state index in [4.69, 9.17) is 0 Å². The van der Waals surface area contributed by atoms with Crippen molar-refractivity contribution >= 4 is 0 Å². The van der Waals surface area contributed by atoms with Crippen molar-refractivity contribution in [3.63, 3.8) is 0 Å². The second-order valence-corrected chi connectivity index (χ2v) is 12.4. The van der Waals surface area contributed by atoms with E-state index in [1.165, 1.54) is 24.4 Å². The Morgan fingerprint density at radius 3 is 1.95 bits per heavy atom. The van der Waals surface area contributed by atoms with Crippen LogP contribution < -0.4 is 42.4 Å². The van der Waals surface area contributed by atoms with Crippen LogP contribution in [0.25, 0.3) is 0 Å². The summed E-state index contributed by atoms with van der Waals surface area (Å²) < 4.78 is 6.05. The fourth-order valence-electron chi connectivity index (χ4n) is 1.96. The molecule has 0 saturated heterocycles. The third kappa shape index (κ3) is 7.13. The summed E-state index contributed by atoms with van der Waals surface area (Å²) in [4.78, 5) is 0.